The maximum absolute atomic E-state index is 12.6. The van der Waals surface area contributed by atoms with Crippen molar-refractivity contribution in [1.29, 1.82) is 0 Å². The van der Waals surface area contributed by atoms with Crippen LogP contribution in [0.4, 0.5) is 13.2 Å². The largest absolute Gasteiger partial charge is 0.416 e. The smallest absolute Gasteiger partial charge is 0.347 e. The third-order valence-corrected chi connectivity index (χ3v) is 6.00. The molecule has 1 aliphatic heterocycles. The number of benzene rings is 1. The lowest BCUT2D eigenvalue weighted by Gasteiger charge is -2.15. The van der Waals surface area contributed by atoms with Gasteiger partial charge in [-0.05, 0) is 50.6 Å². The molecule has 0 unspecified atom stereocenters. The highest BCUT2D eigenvalue weighted by atomic mass is 32.1. The summed E-state index contributed by atoms with van der Waals surface area (Å²) in [6.45, 7) is 5.25. The second-order valence-electron chi connectivity index (χ2n) is 6.86. The number of carbonyl (C=O) groups is 1. The summed E-state index contributed by atoms with van der Waals surface area (Å²) in [4.78, 5) is 27.2. The highest BCUT2D eigenvalue weighted by Gasteiger charge is 2.30. The number of likely N-dealkylation sites (tertiary alicyclic amines) is 1. The molecular weight excluding hydrogens is 391 g/mol. The van der Waals surface area contributed by atoms with Gasteiger partial charge >= 0.3 is 11.0 Å². The molecule has 0 bridgehead atoms. The van der Waals surface area contributed by atoms with Gasteiger partial charge in [0.2, 0.25) is 0 Å². The Labute approximate surface area is 164 Å². The zero-order chi connectivity index (χ0) is 20.3. The van der Waals surface area contributed by atoms with Gasteiger partial charge in [-0.1, -0.05) is 23.5 Å². The molecule has 1 aromatic heterocycles. The van der Waals surface area contributed by atoms with E-state index in [9.17, 15) is 22.8 Å². The average Bonchev–Trinajstić information content (AvgIpc) is 3.26. The van der Waals surface area contributed by atoms with E-state index in [1.54, 1.807) is 11.5 Å². The number of nitrogens with one attached hydrogen (secondary N) is 1. The van der Waals surface area contributed by atoms with E-state index in [4.69, 9.17) is 0 Å². The maximum atomic E-state index is 12.6. The van der Waals surface area contributed by atoms with Crippen LogP contribution in [0.3, 0.4) is 0 Å². The lowest BCUT2D eigenvalue weighted by Crippen LogP contribution is -2.28. The molecule has 1 fully saturated rings. The van der Waals surface area contributed by atoms with Gasteiger partial charge in [0.05, 0.1) is 5.56 Å². The van der Waals surface area contributed by atoms with Crippen LogP contribution in [0.5, 0.6) is 0 Å². The fourth-order valence-electron chi connectivity index (χ4n) is 3.27. The van der Waals surface area contributed by atoms with Crippen LogP contribution in [0.25, 0.3) is 0 Å². The average molecular weight is 413 g/mol. The van der Waals surface area contributed by atoms with Gasteiger partial charge in [-0.3, -0.25) is 9.59 Å². The van der Waals surface area contributed by atoms with Crippen molar-refractivity contribution in [2.24, 2.45) is 0 Å². The number of halogens is 3. The Balaban J connectivity index is 1.61. The number of aromatic nitrogens is 1. The molecule has 3 rings (SSSR count). The number of hydrogen-bond donors (Lipinski definition) is 1. The molecule has 2 aromatic rings. The zero-order valence-corrected chi connectivity index (χ0v) is 16.3. The molecule has 0 spiro atoms. The van der Waals surface area contributed by atoms with E-state index in [-0.39, 0.29) is 17.3 Å². The van der Waals surface area contributed by atoms with E-state index < -0.39 is 11.7 Å². The second-order valence-corrected chi connectivity index (χ2v) is 7.82. The van der Waals surface area contributed by atoms with Crippen molar-refractivity contribution in [2.75, 3.05) is 19.6 Å². The van der Waals surface area contributed by atoms with Gasteiger partial charge in [0, 0.05) is 25.3 Å². The fraction of sp³-hybridized carbons (Fsp3) is 0.474. The normalized spacial score (nSPS) is 15.1. The molecule has 5 nitrogen and oxygen atoms in total. The van der Waals surface area contributed by atoms with E-state index >= 15 is 0 Å². The molecule has 0 saturated carbocycles. The topological polar surface area (TPSA) is 54.3 Å². The van der Waals surface area contributed by atoms with E-state index in [1.807, 2.05) is 0 Å². The number of thiazole rings is 1. The van der Waals surface area contributed by atoms with E-state index in [0.29, 0.717) is 22.7 Å². The Kier molecular flexibility index (Phi) is 6.24. The van der Waals surface area contributed by atoms with Gasteiger partial charge < -0.3 is 14.8 Å². The highest BCUT2D eigenvalue weighted by Crippen LogP contribution is 2.29. The molecule has 28 heavy (non-hydrogen) atoms. The van der Waals surface area contributed by atoms with Crippen LogP contribution in [0.2, 0.25) is 0 Å². The van der Waals surface area contributed by atoms with Crippen LogP contribution in [0.15, 0.2) is 29.1 Å². The van der Waals surface area contributed by atoms with E-state index in [0.717, 1.165) is 43.1 Å². The van der Waals surface area contributed by atoms with Crippen LogP contribution in [-0.4, -0.2) is 35.0 Å². The summed E-state index contributed by atoms with van der Waals surface area (Å²) in [5.74, 6) is -0.389. The molecule has 1 aromatic carbocycles. The van der Waals surface area contributed by atoms with Crippen molar-refractivity contribution in [1.82, 2.24) is 14.8 Å². The van der Waals surface area contributed by atoms with Crippen LogP contribution in [-0.2, 0) is 19.3 Å². The molecule has 1 saturated heterocycles. The minimum atomic E-state index is -4.39. The van der Waals surface area contributed by atoms with Crippen LogP contribution in [0, 0.1) is 6.92 Å². The van der Waals surface area contributed by atoms with Crippen molar-refractivity contribution in [3.63, 3.8) is 0 Å². The maximum Gasteiger partial charge on any atom is 0.416 e. The van der Waals surface area contributed by atoms with Gasteiger partial charge in [0.25, 0.3) is 5.91 Å². The molecule has 0 radical (unpaired) electrons. The van der Waals surface area contributed by atoms with Crippen LogP contribution in [0.1, 0.15) is 39.3 Å². The van der Waals surface area contributed by atoms with Gasteiger partial charge in [0.15, 0.2) is 0 Å². The number of rotatable bonds is 6. The summed E-state index contributed by atoms with van der Waals surface area (Å²) in [5.41, 5.74) is 0.450. The summed E-state index contributed by atoms with van der Waals surface area (Å²) in [5, 5.41) is 2.68. The van der Waals surface area contributed by atoms with E-state index in [1.165, 1.54) is 25.0 Å². The third-order valence-electron chi connectivity index (χ3n) is 4.92. The third kappa shape index (κ3) is 4.82. The molecule has 1 N–H and O–H groups in total. The van der Waals surface area contributed by atoms with Crippen molar-refractivity contribution in [3.8, 4) is 0 Å². The summed E-state index contributed by atoms with van der Waals surface area (Å²) in [6.07, 6.45) is -2.03. The minimum Gasteiger partial charge on any atom is -0.347 e. The number of hydrogen-bond acceptors (Lipinski definition) is 4. The lowest BCUT2D eigenvalue weighted by molar-refractivity contribution is -0.137. The van der Waals surface area contributed by atoms with Crippen LogP contribution >= 0.6 is 11.3 Å². The summed E-state index contributed by atoms with van der Waals surface area (Å²) in [6, 6.07) is 4.64. The predicted octanol–water partition coefficient (Wildman–Crippen LogP) is 3.26. The van der Waals surface area contributed by atoms with E-state index in [2.05, 4.69) is 10.2 Å². The summed E-state index contributed by atoms with van der Waals surface area (Å²) in [7, 11) is 0. The lowest BCUT2D eigenvalue weighted by atomic mass is 10.1. The first kappa shape index (κ1) is 20.6. The predicted molar refractivity (Wildman–Crippen MR) is 102 cm³/mol. The van der Waals surface area contributed by atoms with Crippen molar-refractivity contribution in [3.05, 3.63) is 55.6 Å². The number of alkyl halides is 3. The first-order valence-electron chi connectivity index (χ1n) is 9.12. The molecule has 1 amide bonds. The summed E-state index contributed by atoms with van der Waals surface area (Å²) < 4.78 is 39.4. The van der Waals surface area contributed by atoms with Gasteiger partial charge in [-0.2, -0.15) is 13.2 Å². The van der Waals surface area contributed by atoms with Crippen molar-refractivity contribution >= 4 is 17.2 Å². The fourth-order valence-corrected chi connectivity index (χ4v) is 4.20. The standard InChI is InChI=1S/C19H22F3N3O2S/c1-13-16(28-18(27)25(13)11-10-24-8-2-3-9-24)17(26)23-12-14-4-6-15(7-5-14)19(20,21)22/h4-7H,2-3,8-12H2,1H3,(H,23,26). The minimum absolute atomic E-state index is 0.0935. The van der Waals surface area contributed by atoms with Gasteiger partial charge in [-0.15, -0.1) is 0 Å². The number of amides is 1. The van der Waals surface area contributed by atoms with Gasteiger partial charge in [-0.25, -0.2) is 0 Å². The highest BCUT2D eigenvalue weighted by molar-refractivity contribution is 7.11. The Bertz CT molecular complexity index is 881. The van der Waals surface area contributed by atoms with Crippen molar-refractivity contribution < 1.29 is 18.0 Å². The molecule has 152 valence electrons. The molecule has 0 atom stereocenters. The van der Waals surface area contributed by atoms with Gasteiger partial charge in [0.1, 0.15) is 4.88 Å². The molecule has 2 heterocycles. The molecule has 0 aliphatic carbocycles. The number of carbonyl (C=O) groups excluding carboxylic acids is 1. The number of nitrogens with zero attached hydrogens (tertiary/aromatic N) is 2. The monoisotopic (exact) mass is 413 g/mol. The zero-order valence-electron chi connectivity index (χ0n) is 15.5. The van der Waals surface area contributed by atoms with Crippen molar-refractivity contribution in [2.45, 2.75) is 39.0 Å². The molecule has 1 aliphatic rings. The Morgan fingerprint density at radius 1 is 1.14 bits per heavy atom. The first-order valence-corrected chi connectivity index (χ1v) is 9.94. The second kappa shape index (κ2) is 8.48. The van der Waals surface area contributed by atoms with Crippen LogP contribution < -0.4 is 10.2 Å². The molecule has 9 heteroatoms. The quantitative estimate of drug-likeness (QED) is 0.791. The Morgan fingerprint density at radius 3 is 2.39 bits per heavy atom. The molecular formula is C19H22F3N3O2S. The summed E-state index contributed by atoms with van der Waals surface area (Å²) >= 11 is 0.901. The Morgan fingerprint density at radius 2 is 1.79 bits per heavy atom. The Hall–Kier alpha value is -2.13. The first-order chi connectivity index (χ1) is 13.3. The SMILES string of the molecule is Cc1c(C(=O)NCc2ccc(C(F)(F)F)cc2)sc(=O)n1CCN1CCCC1.